The molecule has 8 heteroatoms. The Hall–Kier alpha value is -3.00. The summed E-state index contributed by atoms with van der Waals surface area (Å²) in [5.41, 5.74) is -1.28. The van der Waals surface area contributed by atoms with E-state index in [1.807, 2.05) is 0 Å². The number of rotatable bonds is 4. The monoisotopic (exact) mass is 374 g/mol. The zero-order valence-electron chi connectivity index (χ0n) is 14.4. The molecule has 1 saturated heterocycles. The van der Waals surface area contributed by atoms with Crippen molar-refractivity contribution in [2.75, 3.05) is 13.1 Å². The Balaban J connectivity index is 1.91. The van der Waals surface area contributed by atoms with Gasteiger partial charge in [0.05, 0.1) is 6.10 Å². The number of hydrogen-bond acceptors (Lipinski definition) is 5. The van der Waals surface area contributed by atoms with Crippen LogP contribution in [0.5, 0.6) is 5.75 Å². The van der Waals surface area contributed by atoms with Gasteiger partial charge in [0.2, 0.25) is 0 Å². The van der Waals surface area contributed by atoms with E-state index in [1.165, 1.54) is 47.5 Å². The molecule has 0 saturated carbocycles. The third-order valence-corrected chi connectivity index (χ3v) is 4.92. The summed E-state index contributed by atoms with van der Waals surface area (Å²) in [6.07, 6.45) is 0.171. The minimum Gasteiger partial charge on any atom is -0.505 e. The number of carboxylic acids is 1. The van der Waals surface area contributed by atoms with Crippen molar-refractivity contribution in [3.05, 3.63) is 59.7 Å². The number of halogens is 1. The van der Waals surface area contributed by atoms with E-state index in [0.29, 0.717) is 5.56 Å². The van der Waals surface area contributed by atoms with Gasteiger partial charge in [-0.15, -0.1) is 0 Å². The molecule has 2 atom stereocenters. The summed E-state index contributed by atoms with van der Waals surface area (Å²) in [6.45, 7) is -0.121. The van der Waals surface area contributed by atoms with Crippen LogP contribution in [-0.4, -0.2) is 56.3 Å². The molecule has 0 radical (unpaired) electrons. The highest BCUT2D eigenvalue weighted by Crippen LogP contribution is 2.35. The van der Waals surface area contributed by atoms with Crippen LogP contribution in [0.1, 0.15) is 22.5 Å². The number of aromatic nitrogens is 1. The number of aromatic hydroxyl groups is 1. The molecule has 0 bridgehead atoms. The van der Waals surface area contributed by atoms with Crippen molar-refractivity contribution >= 4 is 11.9 Å². The van der Waals surface area contributed by atoms with E-state index < -0.39 is 29.2 Å². The predicted molar refractivity (Wildman–Crippen MR) is 92.6 cm³/mol. The standard InChI is InChI=1S/C19H19FN2O5/c20-13-5-3-12(4-6-13)10-19(18(26)27)11-22(9-7-15(19)24)17(25)16-14(23)2-1-8-21-16/h1-6,8,15,23-24H,7,9-11H2,(H,26,27)/t15-,19+/m0/s1. The number of aliphatic carboxylic acids is 1. The number of carbonyl (C=O) groups excluding carboxylic acids is 1. The van der Waals surface area contributed by atoms with Crippen LogP contribution >= 0.6 is 0 Å². The minimum absolute atomic E-state index is 0.0623. The summed E-state index contributed by atoms with van der Waals surface area (Å²) in [7, 11) is 0. The number of carboxylic acid groups (broad SMARTS) is 1. The van der Waals surface area contributed by atoms with E-state index in [2.05, 4.69) is 4.98 Å². The molecule has 1 aromatic carbocycles. The normalized spacial score (nSPS) is 22.4. The fourth-order valence-corrected chi connectivity index (χ4v) is 3.39. The Bertz CT molecular complexity index is 857. The molecule has 2 heterocycles. The van der Waals surface area contributed by atoms with Crippen LogP contribution in [0.25, 0.3) is 0 Å². The van der Waals surface area contributed by atoms with Crippen LogP contribution < -0.4 is 0 Å². The second kappa shape index (κ2) is 7.32. The first-order chi connectivity index (χ1) is 12.8. The number of piperidine rings is 1. The maximum atomic E-state index is 13.1. The maximum absolute atomic E-state index is 13.1. The molecule has 1 fully saturated rings. The Morgan fingerprint density at radius 2 is 1.96 bits per heavy atom. The highest BCUT2D eigenvalue weighted by molar-refractivity contribution is 5.95. The first-order valence-corrected chi connectivity index (χ1v) is 8.42. The molecule has 0 spiro atoms. The highest BCUT2D eigenvalue weighted by atomic mass is 19.1. The van der Waals surface area contributed by atoms with Gasteiger partial charge < -0.3 is 20.2 Å². The number of nitrogens with zero attached hydrogens (tertiary/aromatic N) is 2. The first kappa shape index (κ1) is 18.8. The average Bonchev–Trinajstić information content (AvgIpc) is 2.65. The second-order valence-electron chi connectivity index (χ2n) is 6.67. The van der Waals surface area contributed by atoms with Gasteiger partial charge in [-0.25, -0.2) is 9.37 Å². The van der Waals surface area contributed by atoms with Gasteiger partial charge in [0, 0.05) is 19.3 Å². The molecule has 0 aliphatic carbocycles. The number of carbonyl (C=O) groups is 2. The maximum Gasteiger partial charge on any atom is 0.314 e. The summed E-state index contributed by atoms with van der Waals surface area (Å²) in [5.74, 6) is -2.60. The topological polar surface area (TPSA) is 111 Å². The lowest BCUT2D eigenvalue weighted by atomic mass is 9.72. The molecule has 27 heavy (non-hydrogen) atoms. The quantitative estimate of drug-likeness (QED) is 0.747. The summed E-state index contributed by atoms with van der Waals surface area (Å²) in [5, 5.41) is 30.2. The molecule has 1 aliphatic heterocycles. The summed E-state index contributed by atoms with van der Waals surface area (Å²) < 4.78 is 13.1. The van der Waals surface area contributed by atoms with Crippen molar-refractivity contribution in [1.82, 2.24) is 9.88 Å². The number of pyridine rings is 1. The Kier molecular flexibility index (Phi) is 5.09. The average molecular weight is 374 g/mol. The lowest BCUT2D eigenvalue weighted by Crippen LogP contribution is -2.58. The third kappa shape index (κ3) is 3.61. The molecular formula is C19H19FN2O5. The van der Waals surface area contributed by atoms with Gasteiger partial charge in [0.1, 0.15) is 17.0 Å². The van der Waals surface area contributed by atoms with Gasteiger partial charge in [-0.2, -0.15) is 0 Å². The number of hydrogen-bond donors (Lipinski definition) is 3. The molecule has 7 nitrogen and oxygen atoms in total. The number of likely N-dealkylation sites (tertiary alicyclic amines) is 1. The van der Waals surface area contributed by atoms with Crippen LogP contribution in [0.15, 0.2) is 42.6 Å². The molecular weight excluding hydrogens is 355 g/mol. The van der Waals surface area contributed by atoms with E-state index in [4.69, 9.17) is 0 Å². The second-order valence-corrected chi connectivity index (χ2v) is 6.67. The fraction of sp³-hybridized carbons (Fsp3) is 0.316. The molecule has 1 aliphatic rings. The van der Waals surface area contributed by atoms with Gasteiger partial charge in [-0.05, 0) is 42.7 Å². The molecule has 3 rings (SSSR count). The van der Waals surface area contributed by atoms with Crippen molar-refractivity contribution in [3.63, 3.8) is 0 Å². The van der Waals surface area contributed by atoms with Crippen LogP contribution in [0.4, 0.5) is 4.39 Å². The van der Waals surface area contributed by atoms with Crippen molar-refractivity contribution in [3.8, 4) is 5.75 Å². The molecule has 0 unspecified atom stereocenters. The van der Waals surface area contributed by atoms with Crippen LogP contribution in [0.3, 0.4) is 0 Å². The minimum atomic E-state index is -1.64. The van der Waals surface area contributed by atoms with Gasteiger partial charge in [0.25, 0.3) is 5.91 Å². The van der Waals surface area contributed by atoms with Gasteiger partial charge in [-0.1, -0.05) is 12.1 Å². The molecule has 2 aromatic rings. The van der Waals surface area contributed by atoms with E-state index in [0.717, 1.165) is 0 Å². The zero-order chi connectivity index (χ0) is 19.6. The van der Waals surface area contributed by atoms with Crippen LogP contribution in [-0.2, 0) is 11.2 Å². The van der Waals surface area contributed by atoms with Crippen molar-refractivity contribution < 1.29 is 29.3 Å². The molecule has 3 N–H and O–H groups in total. The molecule has 142 valence electrons. The van der Waals surface area contributed by atoms with Crippen molar-refractivity contribution in [2.45, 2.75) is 18.9 Å². The van der Waals surface area contributed by atoms with Gasteiger partial charge in [-0.3, -0.25) is 9.59 Å². The third-order valence-electron chi connectivity index (χ3n) is 4.92. The Labute approximate surface area is 154 Å². The summed E-state index contributed by atoms with van der Waals surface area (Å²) in [6, 6.07) is 8.14. The van der Waals surface area contributed by atoms with Gasteiger partial charge >= 0.3 is 5.97 Å². The van der Waals surface area contributed by atoms with E-state index >= 15 is 0 Å². The Morgan fingerprint density at radius 3 is 2.59 bits per heavy atom. The van der Waals surface area contributed by atoms with E-state index in [9.17, 15) is 29.3 Å². The zero-order valence-corrected chi connectivity index (χ0v) is 14.4. The molecule has 1 aromatic heterocycles. The largest absolute Gasteiger partial charge is 0.505 e. The molecule has 1 amide bonds. The fourth-order valence-electron chi connectivity index (χ4n) is 3.39. The lowest BCUT2D eigenvalue weighted by molar-refractivity contribution is -0.161. The Morgan fingerprint density at radius 1 is 1.26 bits per heavy atom. The predicted octanol–water partition coefficient (Wildman–Crippen LogP) is 1.45. The van der Waals surface area contributed by atoms with Crippen LogP contribution in [0, 0.1) is 11.2 Å². The van der Waals surface area contributed by atoms with E-state index in [-0.39, 0.29) is 37.4 Å². The van der Waals surface area contributed by atoms with Crippen molar-refractivity contribution in [1.29, 1.82) is 0 Å². The number of aliphatic hydroxyl groups excluding tert-OH is 1. The van der Waals surface area contributed by atoms with Crippen molar-refractivity contribution in [2.24, 2.45) is 5.41 Å². The van der Waals surface area contributed by atoms with Gasteiger partial charge in [0.15, 0.2) is 5.69 Å². The lowest BCUT2D eigenvalue weighted by Gasteiger charge is -2.43. The SMILES string of the molecule is O=C(c1ncccc1O)N1CC[C@H](O)[C@](Cc2ccc(F)cc2)(C(=O)O)C1. The van der Waals surface area contributed by atoms with Crippen LogP contribution in [0.2, 0.25) is 0 Å². The highest BCUT2D eigenvalue weighted by Gasteiger charge is 2.50. The summed E-state index contributed by atoms with van der Waals surface area (Å²) >= 11 is 0. The van der Waals surface area contributed by atoms with E-state index in [1.54, 1.807) is 0 Å². The summed E-state index contributed by atoms with van der Waals surface area (Å²) in [4.78, 5) is 29.9. The number of aliphatic hydroxyl groups is 1. The number of benzene rings is 1. The number of amides is 1. The smallest absolute Gasteiger partial charge is 0.314 e. The first-order valence-electron chi connectivity index (χ1n) is 8.42.